The SMILES string of the molecule is Cn1c(=O)n(C/C=C/C(=O)O)c2ccccc21. The number of nitrogens with zero attached hydrogens (tertiary/aromatic N) is 2. The molecule has 1 N–H and O–H groups in total. The lowest BCUT2D eigenvalue weighted by atomic mass is 10.3. The van der Waals surface area contributed by atoms with Crippen LogP contribution in [0.5, 0.6) is 0 Å². The second kappa shape index (κ2) is 4.29. The maximum atomic E-state index is 11.9. The molecular weight excluding hydrogens is 220 g/mol. The molecule has 0 spiro atoms. The molecule has 17 heavy (non-hydrogen) atoms. The fourth-order valence-corrected chi connectivity index (χ4v) is 1.80. The molecule has 0 aliphatic rings. The maximum absolute atomic E-state index is 11.9. The lowest BCUT2D eigenvalue weighted by molar-refractivity contribution is -0.131. The predicted octanol–water partition coefficient (Wildman–Crippen LogP) is 0.981. The molecule has 0 aliphatic heterocycles. The maximum Gasteiger partial charge on any atom is 0.329 e. The highest BCUT2D eigenvalue weighted by molar-refractivity contribution is 5.80. The highest BCUT2D eigenvalue weighted by atomic mass is 16.4. The number of aromatic nitrogens is 2. The number of carboxylic acids is 1. The van der Waals surface area contributed by atoms with E-state index in [1.54, 1.807) is 11.6 Å². The van der Waals surface area contributed by atoms with Crippen molar-refractivity contribution < 1.29 is 9.90 Å². The quantitative estimate of drug-likeness (QED) is 0.802. The van der Waals surface area contributed by atoms with E-state index in [9.17, 15) is 9.59 Å². The summed E-state index contributed by atoms with van der Waals surface area (Å²) in [7, 11) is 1.70. The predicted molar refractivity (Wildman–Crippen MR) is 64.0 cm³/mol. The van der Waals surface area contributed by atoms with Crippen molar-refractivity contribution in [1.29, 1.82) is 0 Å². The third-order valence-corrected chi connectivity index (χ3v) is 2.60. The van der Waals surface area contributed by atoms with Crippen molar-refractivity contribution in [2.45, 2.75) is 6.54 Å². The minimum absolute atomic E-state index is 0.152. The second-order valence-electron chi connectivity index (χ2n) is 3.68. The first-order chi connectivity index (χ1) is 8.11. The Kier molecular flexibility index (Phi) is 2.82. The smallest absolute Gasteiger partial charge is 0.329 e. The molecule has 0 fully saturated rings. The second-order valence-corrected chi connectivity index (χ2v) is 3.68. The van der Waals surface area contributed by atoms with Gasteiger partial charge in [-0.2, -0.15) is 0 Å². The molecule has 0 aliphatic carbocycles. The molecule has 5 nitrogen and oxygen atoms in total. The Morgan fingerprint density at radius 3 is 2.65 bits per heavy atom. The van der Waals surface area contributed by atoms with E-state index in [1.807, 2.05) is 24.3 Å². The zero-order chi connectivity index (χ0) is 12.4. The molecule has 1 aromatic carbocycles. The number of carboxylic acid groups (broad SMARTS) is 1. The lowest BCUT2D eigenvalue weighted by Crippen LogP contribution is -2.21. The van der Waals surface area contributed by atoms with Crippen LogP contribution in [0.3, 0.4) is 0 Å². The van der Waals surface area contributed by atoms with Gasteiger partial charge in [0.05, 0.1) is 11.0 Å². The van der Waals surface area contributed by atoms with Crippen LogP contribution in [-0.4, -0.2) is 20.2 Å². The van der Waals surface area contributed by atoms with Crippen LogP contribution in [0, 0.1) is 0 Å². The van der Waals surface area contributed by atoms with Crippen LogP contribution in [0.4, 0.5) is 0 Å². The Morgan fingerprint density at radius 1 is 1.35 bits per heavy atom. The summed E-state index contributed by atoms with van der Waals surface area (Å²) in [5.74, 6) is -1.02. The molecule has 0 unspecified atom stereocenters. The number of rotatable bonds is 3. The molecular formula is C12H12N2O3. The largest absolute Gasteiger partial charge is 0.478 e. The van der Waals surface area contributed by atoms with Crippen LogP contribution in [0.1, 0.15) is 0 Å². The molecule has 1 heterocycles. The van der Waals surface area contributed by atoms with Gasteiger partial charge in [-0.05, 0) is 12.1 Å². The summed E-state index contributed by atoms with van der Waals surface area (Å²) in [6, 6.07) is 7.40. The summed E-state index contributed by atoms with van der Waals surface area (Å²) < 4.78 is 3.08. The summed E-state index contributed by atoms with van der Waals surface area (Å²) in [5.41, 5.74) is 1.48. The van der Waals surface area contributed by atoms with Gasteiger partial charge < -0.3 is 5.11 Å². The molecule has 0 bridgehead atoms. The van der Waals surface area contributed by atoms with Crippen molar-refractivity contribution in [2.24, 2.45) is 7.05 Å². The van der Waals surface area contributed by atoms with Crippen molar-refractivity contribution in [3.8, 4) is 0 Å². The van der Waals surface area contributed by atoms with Gasteiger partial charge in [0.25, 0.3) is 0 Å². The highest BCUT2D eigenvalue weighted by Gasteiger charge is 2.07. The van der Waals surface area contributed by atoms with Gasteiger partial charge >= 0.3 is 11.7 Å². The van der Waals surface area contributed by atoms with Gasteiger partial charge in [-0.1, -0.05) is 18.2 Å². The summed E-state index contributed by atoms with van der Waals surface area (Å²) in [6.45, 7) is 0.256. The van der Waals surface area contributed by atoms with Crippen LogP contribution in [0.25, 0.3) is 11.0 Å². The first-order valence-corrected chi connectivity index (χ1v) is 5.15. The average molecular weight is 232 g/mol. The van der Waals surface area contributed by atoms with Gasteiger partial charge in [0.15, 0.2) is 0 Å². The molecule has 0 atom stereocenters. The fraction of sp³-hybridized carbons (Fsp3) is 0.167. The number of aliphatic carboxylic acids is 1. The Balaban J connectivity index is 2.50. The third-order valence-electron chi connectivity index (χ3n) is 2.60. The minimum Gasteiger partial charge on any atom is -0.478 e. The van der Waals surface area contributed by atoms with Crippen LogP contribution >= 0.6 is 0 Å². The fourth-order valence-electron chi connectivity index (χ4n) is 1.80. The first-order valence-electron chi connectivity index (χ1n) is 5.15. The first kappa shape index (κ1) is 11.2. The van der Waals surface area contributed by atoms with Crippen LogP contribution in [0.2, 0.25) is 0 Å². The van der Waals surface area contributed by atoms with Crippen molar-refractivity contribution in [3.05, 3.63) is 46.9 Å². The Morgan fingerprint density at radius 2 is 2.00 bits per heavy atom. The molecule has 0 radical (unpaired) electrons. The average Bonchev–Trinajstić information content (AvgIpc) is 2.54. The van der Waals surface area contributed by atoms with Gasteiger partial charge in [0.1, 0.15) is 0 Å². The number of carbonyl (C=O) groups is 1. The molecule has 0 amide bonds. The van der Waals surface area contributed by atoms with E-state index in [1.165, 1.54) is 10.6 Å². The molecule has 88 valence electrons. The standard InChI is InChI=1S/C12H12N2O3/c1-13-9-5-2-3-6-10(9)14(12(13)17)8-4-7-11(15)16/h2-7H,8H2,1H3,(H,15,16)/b7-4+. The zero-order valence-corrected chi connectivity index (χ0v) is 9.33. The molecule has 1 aromatic heterocycles. The van der Waals surface area contributed by atoms with Gasteiger partial charge in [-0.3, -0.25) is 9.13 Å². The molecule has 2 rings (SSSR count). The van der Waals surface area contributed by atoms with E-state index in [4.69, 9.17) is 5.11 Å². The van der Waals surface area contributed by atoms with Crippen molar-refractivity contribution in [1.82, 2.24) is 9.13 Å². The van der Waals surface area contributed by atoms with Crippen LogP contribution < -0.4 is 5.69 Å². The summed E-state index contributed by atoms with van der Waals surface area (Å²) in [5, 5.41) is 8.50. The van der Waals surface area contributed by atoms with Crippen LogP contribution in [-0.2, 0) is 18.4 Å². The van der Waals surface area contributed by atoms with Crippen molar-refractivity contribution >= 4 is 17.0 Å². The van der Waals surface area contributed by atoms with E-state index in [2.05, 4.69) is 0 Å². The Bertz CT molecular complexity index is 649. The Labute approximate surface area is 97.2 Å². The summed E-state index contributed by atoms with van der Waals surface area (Å²) in [4.78, 5) is 22.3. The monoisotopic (exact) mass is 232 g/mol. The minimum atomic E-state index is -1.02. The third kappa shape index (κ3) is 1.99. The lowest BCUT2D eigenvalue weighted by Gasteiger charge is -1.96. The number of benzene rings is 1. The van der Waals surface area contributed by atoms with E-state index in [0.29, 0.717) is 0 Å². The summed E-state index contributed by atoms with van der Waals surface area (Å²) in [6.07, 6.45) is 2.49. The number of hydrogen-bond donors (Lipinski definition) is 1. The van der Waals surface area contributed by atoms with E-state index < -0.39 is 5.97 Å². The number of fused-ring (bicyclic) bond motifs is 1. The van der Waals surface area contributed by atoms with Crippen molar-refractivity contribution in [2.75, 3.05) is 0 Å². The topological polar surface area (TPSA) is 64.2 Å². The zero-order valence-electron chi connectivity index (χ0n) is 9.33. The van der Waals surface area contributed by atoms with Gasteiger partial charge in [-0.15, -0.1) is 0 Å². The number of imidazole rings is 1. The molecule has 0 saturated carbocycles. The van der Waals surface area contributed by atoms with Gasteiger partial charge in [-0.25, -0.2) is 9.59 Å². The van der Waals surface area contributed by atoms with Crippen LogP contribution in [0.15, 0.2) is 41.2 Å². The molecule has 2 aromatic rings. The van der Waals surface area contributed by atoms with Gasteiger partial charge in [0, 0.05) is 19.7 Å². The number of para-hydroxylation sites is 2. The van der Waals surface area contributed by atoms with E-state index >= 15 is 0 Å². The normalized spacial score (nSPS) is 11.4. The van der Waals surface area contributed by atoms with Gasteiger partial charge in [0.2, 0.25) is 0 Å². The molecule has 5 heteroatoms. The van der Waals surface area contributed by atoms with E-state index in [-0.39, 0.29) is 12.2 Å². The highest BCUT2D eigenvalue weighted by Crippen LogP contribution is 2.11. The number of aryl methyl sites for hydroxylation is 1. The number of allylic oxidation sites excluding steroid dienone is 1. The van der Waals surface area contributed by atoms with Crippen molar-refractivity contribution in [3.63, 3.8) is 0 Å². The Hall–Kier alpha value is -2.30. The number of hydrogen-bond acceptors (Lipinski definition) is 2. The molecule has 0 saturated heterocycles. The van der Waals surface area contributed by atoms with E-state index in [0.717, 1.165) is 17.1 Å². The summed E-state index contributed by atoms with van der Waals surface area (Å²) >= 11 is 0.